The normalized spacial score (nSPS) is 10.7. The van der Waals surface area contributed by atoms with E-state index in [0.717, 1.165) is 38.4 Å². The minimum Gasteiger partial charge on any atom is -0.382 e. The number of nitrogens with zero attached hydrogens (tertiary/aromatic N) is 2. The van der Waals surface area contributed by atoms with E-state index in [1.54, 1.807) is 17.0 Å². The first-order valence-corrected chi connectivity index (χ1v) is 6.05. The molecule has 0 fully saturated rings. The van der Waals surface area contributed by atoms with E-state index < -0.39 is 0 Å². The number of nitrogens with one attached hydrogen (secondary N) is 1. The van der Waals surface area contributed by atoms with Gasteiger partial charge < -0.3 is 10.1 Å². The lowest BCUT2D eigenvalue weighted by Crippen LogP contribution is -2.27. The zero-order valence-corrected chi connectivity index (χ0v) is 10.6. The molecule has 1 N–H and O–H groups in total. The number of aryl methyl sites for hydroxylation is 1. The van der Waals surface area contributed by atoms with Gasteiger partial charge in [0.2, 0.25) is 0 Å². The van der Waals surface area contributed by atoms with Crippen LogP contribution in [0.25, 0.3) is 0 Å². The summed E-state index contributed by atoms with van der Waals surface area (Å²) in [6.07, 6.45) is 2.59. The summed E-state index contributed by atoms with van der Waals surface area (Å²) in [7, 11) is 0. The minimum absolute atomic E-state index is 0.00798. The van der Waals surface area contributed by atoms with Crippen molar-refractivity contribution in [3.8, 4) is 0 Å². The summed E-state index contributed by atoms with van der Waals surface area (Å²) in [5, 5.41) is 3.27. The standard InChI is InChI=1S/C12H21N3O2/c1-3-17-8-4-5-13-6-7-15-10-14-11(2)9-12(15)16/h9-10,13H,3-8H2,1-2H3. The topological polar surface area (TPSA) is 56.1 Å². The molecule has 0 atom stereocenters. The molecule has 0 saturated heterocycles. The van der Waals surface area contributed by atoms with Gasteiger partial charge in [0.25, 0.3) is 5.56 Å². The highest BCUT2D eigenvalue weighted by Gasteiger charge is 1.96. The SMILES string of the molecule is CCOCCCNCCn1cnc(C)cc1=O. The molecule has 96 valence electrons. The van der Waals surface area contributed by atoms with E-state index in [1.807, 2.05) is 13.8 Å². The molecule has 0 unspecified atom stereocenters. The van der Waals surface area contributed by atoms with E-state index in [9.17, 15) is 4.79 Å². The maximum Gasteiger partial charge on any atom is 0.253 e. The summed E-state index contributed by atoms with van der Waals surface area (Å²) >= 11 is 0. The second kappa shape index (κ2) is 7.97. The molecule has 1 aromatic heterocycles. The van der Waals surface area contributed by atoms with Crippen molar-refractivity contribution >= 4 is 0 Å². The van der Waals surface area contributed by atoms with E-state index in [1.165, 1.54) is 0 Å². The second-order valence-corrected chi connectivity index (χ2v) is 3.86. The van der Waals surface area contributed by atoms with Crippen LogP contribution in [0, 0.1) is 6.92 Å². The largest absolute Gasteiger partial charge is 0.382 e. The predicted octanol–water partition coefficient (Wildman–Crippen LogP) is 0.568. The van der Waals surface area contributed by atoms with Gasteiger partial charge in [-0.2, -0.15) is 0 Å². The Morgan fingerprint density at radius 3 is 3.00 bits per heavy atom. The molecule has 1 heterocycles. The first kappa shape index (κ1) is 13.9. The number of hydrogen-bond donors (Lipinski definition) is 1. The van der Waals surface area contributed by atoms with Gasteiger partial charge in [0.05, 0.1) is 6.33 Å². The molecule has 0 amide bonds. The molecule has 17 heavy (non-hydrogen) atoms. The molecule has 1 rings (SSSR count). The van der Waals surface area contributed by atoms with Gasteiger partial charge in [0.15, 0.2) is 0 Å². The quantitative estimate of drug-likeness (QED) is 0.674. The smallest absolute Gasteiger partial charge is 0.253 e. The highest BCUT2D eigenvalue weighted by molar-refractivity contribution is 4.95. The fourth-order valence-electron chi connectivity index (χ4n) is 1.45. The highest BCUT2D eigenvalue weighted by atomic mass is 16.5. The number of rotatable bonds is 8. The van der Waals surface area contributed by atoms with Crippen LogP contribution in [0.4, 0.5) is 0 Å². The number of hydrogen-bond acceptors (Lipinski definition) is 4. The lowest BCUT2D eigenvalue weighted by atomic mass is 10.4. The van der Waals surface area contributed by atoms with Gasteiger partial charge in [-0.3, -0.25) is 9.36 Å². The molecule has 5 heteroatoms. The first-order valence-electron chi connectivity index (χ1n) is 6.05. The second-order valence-electron chi connectivity index (χ2n) is 3.86. The fourth-order valence-corrected chi connectivity index (χ4v) is 1.45. The van der Waals surface area contributed by atoms with Crippen molar-refractivity contribution in [2.24, 2.45) is 0 Å². The summed E-state index contributed by atoms with van der Waals surface area (Å²) in [5.41, 5.74) is 0.768. The van der Waals surface area contributed by atoms with E-state index in [0.29, 0.717) is 6.54 Å². The van der Waals surface area contributed by atoms with Gasteiger partial charge in [-0.05, 0) is 26.8 Å². The Hall–Kier alpha value is -1.20. The first-order chi connectivity index (χ1) is 8.24. The Labute approximate surface area is 102 Å². The Kier molecular flexibility index (Phi) is 6.50. The van der Waals surface area contributed by atoms with Crippen LogP contribution in [0.5, 0.6) is 0 Å². The zero-order chi connectivity index (χ0) is 12.5. The van der Waals surface area contributed by atoms with Gasteiger partial charge >= 0.3 is 0 Å². The van der Waals surface area contributed by atoms with E-state index >= 15 is 0 Å². The van der Waals surface area contributed by atoms with E-state index in [4.69, 9.17) is 4.74 Å². The summed E-state index contributed by atoms with van der Waals surface area (Å²) in [5.74, 6) is 0. The Bertz CT molecular complexity index is 376. The molecular formula is C12H21N3O2. The van der Waals surface area contributed by atoms with Gasteiger partial charge in [-0.25, -0.2) is 4.98 Å². The Balaban J connectivity index is 2.16. The Morgan fingerprint density at radius 2 is 2.29 bits per heavy atom. The predicted molar refractivity (Wildman–Crippen MR) is 67.2 cm³/mol. The average molecular weight is 239 g/mol. The van der Waals surface area contributed by atoms with Crippen molar-refractivity contribution in [1.29, 1.82) is 0 Å². The molecule has 0 spiro atoms. The van der Waals surface area contributed by atoms with Gasteiger partial charge in [0, 0.05) is 38.1 Å². The summed E-state index contributed by atoms with van der Waals surface area (Å²) < 4.78 is 6.84. The third kappa shape index (κ3) is 5.60. The zero-order valence-electron chi connectivity index (χ0n) is 10.6. The monoisotopic (exact) mass is 239 g/mol. The van der Waals surface area contributed by atoms with Crippen LogP contribution in [0.2, 0.25) is 0 Å². The number of ether oxygens (including phenoxy) is 1. The van der Waals surface area contributed by atoms with Crippen molar-refractivity contribution in [3.63, 3.8) is 0 Å². The van der Waals surface area contributed by atoms with Crippen LogP contribution in [0.3, 0.4) is 0 Å². The molecule has 1 aromatic rings. The molecule has 0 bridgehead atoms. The van der Waals surface area contributed by atoms with Gasteiger partial charge in [-0.15, -0.1) is 0 Å². The van der Waals surface area contributed by atoms with E-state index in [-0.39, 0.29) is 5.56 Å². The van der Waals surface area contributed by atoms with E-state index in [2.05, 4.69) is 10.3 Å². The van der Waals surface area contributed by atoms with Crippen LogP contribution in [0.1, 0.15) is 19.0 Å². The molecule has 0 aliphatic carbocycles. The molecular weight excluding hydrogens is 218 g/mol. The van der Waals surface area contributed by atoms with Crippen LogP contribution in [-0.2, 0) is 11.3 Å². The maximum atomic E-state index is 11.5. The number of aromatic nitrogens is 2. The lowest BCUT2D eigenvalue weighted by molar-refractivity contribution is 0.145. The molecule has 5 nitrogen and oxygen atoms in total. The maximum absolute atomic E-state index is 11.5. The molecule has 0 saturated carbocycles. The van der Waals surface area contributed by atoms with Gasteiger partial charge in [0.1, 0.15) is 0 Å². The van der Waals surface area contributed by atoms with Crippen molar-refractivity contribution in [2.75, 3.05) is 26.3 Å². The van der Waals surface area contributed by atoms with Crippen molar-refractivity contribution in [2.45, 2.75) is 26.8 Å². The highest BCUT2D eigenvalue weighted by Crippen LogP contribution is 1.85. The summed E-state index contributed by atoms with van der Waals surface area (Å²) in [6, 6.07) is 1.55. The van der Waals surface area contributed by atoms with Crippen molar-refractivity contribution in [1.82, 2.24) is 14.9 Å². The molecule has 0 aliphatic rings. The summed E-state index contributed by atoms with van der Waals surface area (Å²) in [6.45, 7) is 7.70. The third-order valence-electron chi connectivity index (χ3n) is 2.39. The third-order valence-corrected chi connectivity index (χ3v) is 2.39. The van der Waals surface area contributed by atoms with Crippen LogP contribution in [0.15, 0.2) is 17.2 Å². The van der Waals surface area contributed by atoms with Crippen molar-refractivity contribution < 1.29 is 4.74 Å². The van der Waals surface area contributed by atoms with Gasteiger partial charge in [-0.1, -0.05) is 0 Å². The Morgan fingerprint density at radius 1 is 1.47 bits per heavy atom. The molecule has 0 aliphatic heterocycles. The lowest BCUT2D eigenvalue weighted by Gasteiger charge is -2.07. The average Bonchev–Trinajstić information content (AvgIpc) is 2.30. The molecule has 0 aromatic carbocycles. The summed E-state index contributed by atoms with van der Waals surface area (Å²) in [4.78, 5) is 15.6. The minimum atomic E-state index is 0.00798. The van der Waals surface area contributed by atoms with Crippen LogP contribution >= 0.6 is 0 Å². The fraction of sp³-hybridized carbons (Fsp3) is 0.667. The van der Waals surface area contributed by atoms with Crippen LogP contribution in [-0.4, -0.2) is 35.9 Å². The van der Waals surface area contributed by atoms with Crippen LogP contribution < -0.4 is 10.9 Å². The molecule has 0 radical (unpaired) electrons. The van der Waals surface area contributed by atoms with Crippen molar-refractivity contribution in [3.05, 3.63) is 28.4 Å².